The molecule has 1 aliphatic rings. The molecule has 2 aromatic heterocycles. The second kappa shape index (κ2) is 9.27. The van der Waals surface area contributed by atoms with Gasteiger partial charge in [-0.1, -0.05) is 17.8 Å². The van der Waals surface area contributed by atoms with Crippen LogP contribution in [-0.4, -0.2) is 39.3 Å². The first-order chi connectivity index (χ1) is 14.2. The van der Waals surface area contributed by atoms with Crippen molar-refractivity contribution < 1.29 is 4.79 Å². The number of hydrogen-bond acceptors (Lipinski definition) is 7. The van der Waals surface area contributed by atoms with Crippen LogP contribution in [-0.2, 0) is 5.75 Å². The summed E-state index contributed by atoms with van der Waals surface area (Å²) in [5.74, 6) is 0.716. The number of nitrogens with one attached hydrogen (secondary N) is 3. The highest BCUT2D eigenvalue weighted by atomic mass is 32.2. The van der Waals surface area contributed by atoms with Gasteiger partial charge in [0.05, 0.1) is 11.4 Å². The largest absolute Gasteiger partial charge is 0.370 e. The van der Waals surface area contributed by atoms with Gasteiger partial charge in [-0.15, -0.1) is 11.3 Å². The standard InChI is InChI=1S/C19H23N7OS2/c1-13-5-6-15(16(9-13)26-7-3-2-4-8-26)23-17(27)24-18-20-10-14(29-18)11-28-19-21-12-22-25-19/h5-6,9-10,12H,2-4,7-8,11H2,1H3,(H,21,22,25)(H2,20,23,24,27). The summed E-state index contributed by atoms with van der Waals surface area (Å²) in [6.45, 7) is 4.13. The number of benzene rings is 1. The predicted octanol–water partition coefficient (Wildman–Crippen LogP) is 4.50. The summed E-state index contributed by atoms with van der Waals surface area (Å²) in [5.41, 5.74) is 3.10. The summed E-state index contributed by atoms with van der Waals surface area (Å²) in [5, 5.41) is 13.8. The third-order valence-corrected chi connectivity index (χ3v) is 6.64. The van der Waals surface area contributed by atoms with Gasteiger partial charge < -0.3 is 10.2 Å². The highest BCUT2D eigenvalue weighted by Gasteiger charge is 2.16. The van der Waals surface area contributed by atoms with Crippen molar-refractivity contribution in [1.29, 1.82) is 0 Å². The van der Waals surface area contributed by atoms with Crippen molar-refractivity contribution in [3.63, 3.8) is 0 Å². The quantitative estimate of drug-likeness (QED) is 0.499. The van der Waals surface area contributed by atoms with Crippen molar-refractivity contribution in [2.24, 2.45) is 0 Å². The molecule has 3 N–H and O–H groups in total. The lowest BCUT2D eigenvalue weighted by Crippen LogP contribution is -2.31. The molecule has 10 heteroatoms. The average molecular weight is 430 g/mol. The number of thioether (sulfide) groups is 1. The lowest BCUT2D eigenvalue weighted by Gasteiger charge is -2.30. The molecular formula is C19H23N7OS2. The lowest BCUT2D eigenvalue weighted by atomic mass is 10.1. The van der Waals surface area contributed by atoms with E-state index in [1.54, 1.807) is 18.0 Å². The number of rotatable bonds is 6. The molecule has 4 rings (SSSR count). The SMILES string of the molecule is Cc1ccc(NC(=O)Nc2ncc(CSc3ncn[nH]3)s2)c(N2CCCCC2)c1. The average Bonchev–Trinajstić information content (AvgIpc) is 3.40. The lowest BCUT2D eigenvalue weighted by molar-refractivity contribution is 0.262. The number of aromatic nitrogens is 4. The molecule has 8 nitrogen and oxygen atoms in total. The van der Waals surface area contributed by atoms with Gasteiger partial charge in [0.1, 0.15) is 6.33 Å². The minimum Gasteiger partial charge on any atom is -0.370 e. The van der Waals surface area contributed by atoms with E-state index >= 15 is 0 Å². The molecule has 0 saturated carbocycles. The molecule has 0 atom stereocenters. The predicted molar refractivity (Wildman–Crippen MR) is 118 cm³/mol. The minimum atomic E-state index is -0.282. The van der Waals surface area contributed by atoms with E-state index in [0.717, 1.165) is 34.5 Å². The summed E-state index contributed by atoms with van der Waals surface area (Å²) in [6, 6.07) is 5.85. The number of carbonyl (C=O) groups is 1. The number of urea groups is 1. The Hall–Kier alpha value is -2.59. The normalized spacial score (nSPS) is 14.0. The van der Waals surface area contributed by atoms with Crippen LogP contribution in [0.5, 0.6) is 0 Å². The first-order valence-electron chi connectivity index (χ1n) is 9.54. The summed E-state index contributed by atoms with van der Waals surface area (Å²) < 4.78 is 0. The maximum atomic E-state index is 12.6. The third-order valence-electron chi connectivity index (χ3n) is 4.62. The molecule has 0 unspecified atom stereocenters. The summed E-state index contributed by atoms with van der Waals surface area (Å²) in [7, 11) is 0. The highest BCUT2D eigenvalue weighted by Crippen LogP contribution is 2.30. The molecule has 1 saturated heterocycles. The number of aryl methyl sites for hydroxylation is 1. The van der Waals surface area contributed by atoms with E-state index in [2.05, 4.69) is 48.7 Å². The van der Waals surface area contributed by atoms with Crippen LogP contribution in [0, 0.1) is 6.92 Å². The highest BCUT2D eigenvalue weighted by molar-refractivity contribution is 7.98. The summed E-state index contributed by atoms with van der Waals surface area (Å²) in [6.07, 6.45) is 6.90. The zero-order valence-corrected chi connectivity index (χ0v) is 17.8. The van der Waals surface area contributed by atoms with Crippen molar-refractivity contribution in [1.82, 2.24) is 20.2 Å². The Morgan fingerprint density at radius 1 is 1.24 bits per heavy atom. The molecule has 152 valence electrons. The molecule has 0 bridgehead atoms. The number of carbonyl (C=O) groups excluding carboxylic acids is 1. The van der Waals surface area contributed by atoms with Gasteiger partial charge in [0.25, 0.3) is 0 Å². The number of hydrogen-bond donors (Lipinski definition) is 3. The Labute approximate surface area is 177 Å². The number of amides is 2. The van der Waals surface area contributed by atoms with E-state index in [1.165, 1.54) is 42.5 Å². The monoisotopic (exact) mass is 429 g/mol. The molecule has 1 fully saturated rings. The number of H-pyrrole nitrogens is 1. The van der Waals surface area contributed by atoms with Crippen molar-refractivity contribution in [2.75, 3.05) is 28.6 Å². The van der Waals surface area contributed by atoms with Crippen LogP contribution in [0.2, 0.25) is 0 Å². The Morgan fingerprint density at radius 2 is 2.10 bits per heavy atom. The van der Waals surface area contributed by atoms with Crippen LogP contribution in [0.15, 0.2) is 35.9 Å². The van der Waals surface area contributed by atoms with Crippen LogP contribution in [0.1, 0.15) is 29.7 Å². The third kappa shape index (κ3) is 5.27. The number of aromatic amines is 1. The smallest absolute Gasteiger partial charge is 0.325 e. The van der Waals surface area contributed by atoms with E-state index in [4.69, 9.17) is 0 Å². The van der Waals surface area contributed by atoms with Crippen LogP contribution in [0.3, 0.4) is 0 Å². The molecule has 0 radical (unpaired) electrons. The Balaban J connectivity index is 1.37. The first-order valence-corrected chi connectivity index (χ1v) is 11.3. The number of piperidine rings is 1. The van der Waals surface area contributed by atoms with E-state index in [0.29, 0.717) is 10.9 Å². The van der Waals surface area contributed by atoms with Gasteiger partial charge in [-0.2, -0.15) is 5.10 Å². The van der Waals surface area contributed by atoms with Crippen LogP contribution < -0.4 is 15.5 Å². The summed E-state index contributed by atoms with van der Waals surface area (Å²) >= 11 is 2.99. The Bertz CT molecular complexity index is 951. The molecular weight excluding hydrogens is 406 g/mol. The number of nitrogens with zero attached hydrogens (tertiary/aromatic N) is 4. The summed E-state index contributed by atoms with van der Waals surface area (Å²) in [4.78, 5) is 24.3. The fraction of sp³-hybridized carbons (Fsp3) is 0.368. The van der Waals surface area contributed by atoms with Gasteiger partial charge in [-0.25, -0.2) is 14.8 Å². The maximum absolute atomic E-state index is 12.6. The second-order valence-corrected chi connectivity index (χ2v) is 8.94. The van der Waals surface area contributed by atoms with Crippen LogP contribution in [0.4, 0.5) is 21.3 Å². The first kappa shape index (κ1) is 19.7. The number of thiazole rings is 1. The molecule has 2 amide bonds. The van der Waals surface area contributed by atoms with Gasteiger partial charge >= 0.3 is 6.03 Å². The van der Waals surface area contributed by atoms with Gasteiger partial charge in [0.15, 0.2) is 10.3 Å². The molecule has 3 aromatic rings. The zero-order valence-electron chi connectivity index (χ0n) is 16.1. The molecule has 1 aromatic carbocycles. The van der Waals surface area contributed by atoms with Gasteiger partial charge in [-0.3, -0.25) is 10.4 Å². The van der Waals surface area contributed by atoms with Gasteiger partial charge in [-0.05, 0) is 43.9 Å². The second-order valence-electron chi connectivity index (χ2n) is 6.86. The van der Waals surface area contributed by atoms with Crippen LogP contribution in [0.25, 0.3) is 0 Å². The zero-order chi connectivity index (χ0) is 20.1. The Kier molecular flexibility index (Phi) is 6.30. The van der Waals surface area contributed by atoms with Gasteiger partial charge in [0.2, 0.25) is 0 Å². The maximum Gasteiger partial charge on any atom is 0.325 e. The van der Waals surface area contributed by atoms with Crippen molar-refractivity contribution >= 4 is 45.6 Å². The fourth-order valence-electron chi connectivity index (χ4n) is 3.23. The van der Waals surface area contributed by atoms with Crippen molar-refractivity contribution in [3.8, 4) is 0 Å². The molecule has 0 spiro atoms. The minimum absolute atomic E-state index is 0.282. The fourth-order valence-corrected chi connectivity index (χ4v) is 4.84. The van der Waals surface area contributed by atoms with Gasteiger partial charge in [0, 0.05) is 29.9 Å². The molecule has 1 aliphatic heterocycles. The molecule has 0 aliphatic carbocycles. The topological polar surface area (TPSA) is 98.8 Å². The van der Waals surface area contributed by atoms with Crippen LogP contribution >= 0.6 is 23.1 Å². The number of anilines is 3. The molecule has 3 heterocycles. The van der Waals surface area contributed by atoms with E-state index in [-0.39, 0.29) is 6.03 Å². The molecule has 29 heavy (non-hydrogen) atoms. The Morgan fingerprint density at radius 3 is 2.90 bits per heavy atom. The van der Waals surface area contributed by atoms with E-state index in [1.807, 2.05) is 12.1 Å². The van der Waals surface area contributed by atoms with Crippen molar-refractivity contribution in [2.45, 2.75) is 37.1 Å². The van der Waals surface area contributed by atoms with E-state index < -0.39 is 0 Å². The van der Waals surface area contributed by atoms with E-state index in [9.17, 15) is 4.79 Å². The van der Waals surface area contributed by atoms with Crippen molar-refractivity contribution in [3.05, 3.63) is 41.2 Å².